The van der Waals surface area contributed by atoms with E-state index in [1.807, 2.05) is 30.3 Å². The largest absolute Gasteiger partial charge is 0.484 e. The summed E-state index contributed by atoms with van der Waals surface area (Å²) in [4.78, 5) is 11.7. The van der Waals surface area contributed by atoms with E-state index in [9.17, 15) is 4.79 Å². The molecule has 3 N–H and O–H groups in total. The Morgan fingerprint density at radius 2 is 1.81 bits per heavy atom. The maximum absolute atomic E-state index is 11.7. The summed E-state index contributed by atoms with van der Waals surface area (Å²) in [7, 11) is 0. The third-order valence-electron chi connectivity index (χ3n) is 2.93. The van der Waals surface area contributed by atoms with E-state index in [1.54, 1.807) is 24.3 Å². The minimum atomic E-state index is -0.231. The van der Waals surface area contributed by atoms with Gasteiger partial charge in [0.15, 0.2) is 6.61 Å². The molecule has 2 rings (SSSR count). The van der Waals surface area contributed by atoms with Crippen molar-refractivity contribution in [2.75, 3.05) is 13.2 Å². The third kappa shape index (κ3) is 5.10. The Labute approximate surface area is 128 Å². The summed E-state index contributed by atoms with van der Waals surface area (Å²) < 4.78 is 5.35. The Morgan fingerprint density at radius 1 is 1.14 bits per heavy atom. The average Bonchev–Trinajstić information content (AvgIpc) is 2.53. The van der Waals surface area contributed by atoms with E-state index in [-0.39, 0.29) is 18.6 Å². The number of benzene rings is 2. The molecule has 1 atom stereocenters. The van der Waals surface area contributed by atoms with E-state index < -0.39 is 0 Å². The molecule has 110 valence electrons. The summed E-state index contributed by atoms with van der Waals surface area (Å²) >= 11 is 5.77. The molecule has 2 aromatic rings. The molecule has 1 unspecified atom stereocenters. The summed E-state index contributed by atoms with van der Waals surface area (Å²) in [5.41, 5.74) is 6.98. The van der Waals surface area contributed by atoms with Gasteiger partial charge >= 0.3 is 0 Å². The summed E-state index contributed by atoms with van der Waals surface area (Å²) in [5, 5.41) is 3.37. The van der Waals surface area contributed by atoms with Gasteiger partial charge in [0.25, 0.3) is 5.91 Å². The van der Waals surface area contributed by atoms with Crippen molar-refractivity contribution in [3.05, 3.63) is 65.2 Å². The molecule has 0 fully saturated rings. The summed E-state index contributed by atoms with van der Waals surface area (Å²) in [5.74, 6) is 0.387. The molecule has 0 bridgehead atoms. The molecule has 0 aliphatic heterocycles. The zero-order valence-corrected chi connectivity index (χ0v) is 12.2. The second-order valence-electron chi connectivity index (χ2n) is 4.56. The highest BCUT2D eigenvalue weighted by Crippen LogP contribution is 2.15. The van der Waals surface area contributed by atoms with E-state index in [2.05, 4.69) is 5.32 Å². The number of nitrogens with one attached hydrogen (secondary N) is 1. The number of carbonyl (C=O) groups is 1. The van der Waals surface area contributed by atoms with Gasteiger partial charge in [-0.05, 0) is 29.8 Å². The number of amides is 1. The van der Waals surface area contributed by atoms with Crippen molar-refractivity contribution in [3.63, 3.8) is 0 Å². The zero-order valence-electron chi connectivity index (χ0n) is 11.5. The molecule has 0 heterocycles. The fourth-order valence-electron chi connectivity index (χ4n) is 1.77. The standard InChI is InChI=1S/C16H17ClN2O2/c17-13-6-8-14(9-7-13)21-11-16(20)19-10-15(18)12-4-2-1-3-5-12/h1-9,15H,10-11,18H2,(H,19,20). The molecule has 2 aromatic carbocycles. The van der Waals surface area contributed by atoms with Crippen molar-refractivity contribution in [3.8, 4) is 5.75 Å². The quantitative estimate of drug-likeness (QED) is 0.862. The summed E-state index contributed by atoms with van der Waals surface area (Å²) in [6.45, 7) is 0.315. The van der Waals surface area contributed by atoms with E-state index in [0.29, 0.717) is 17.3 Å². The van der Waals surface area contributed by atoms with Crippen molar-refractivity contribution >= 4 is 17.5 Å². The monoisotopic (exact) mass is 304 g/mol. The maximum Gasteiger partial charge on any atom is 0.258 e. The molecular weight excluding hydrogens is 288 g/mol. The van der Waals surface area contributed by atoms with Crippen LogP contribution in [0.4, 0.5) is 0 Å². The lowest BCUT2D eigenvalue weighted by molar-refractivity contribution is -0.123. The number of carbonyl (C=O) groups excluding carboxylic acids is 1. The van der Waals surface area contributed by atoms with Gasteiger partial charge in [-0.25, -0.2) is 0 Å². The summed E-state index contributed by atoms with van der Waals surface area (Å²) in [6.07, 6.45) is 0. The van der Waals surface area contributed by atoms with Crippen LogP contribution in [0.3, 0.4) is 0 Å². The van der Waals surface area contributed by atoms with Gasteiger partial charge in [-0.15, -0.1) is 0 Å². The Hall–Kier alpha value is -2.04. The Bertz CT molecular complexity index is 573. The fourth-order valence-corrected chi connectivity index (χ4v) is 1.90. The predicted molar refractivity (Wildman–Crippen MR) is 83.3 cm³/mol. The lowest BCUT2D eigenvalue weighted by atomic mass is 10.1. The van der Waals surface area contributed by atoms with Gasteiger partial charge in [0.2, 0.25) is 0 Å². The molecule has 0 aliphatic rings. The normalized spacial score (nSPS) is 11.7. The molecular formula is C16H17ClN2O2. The zero-order chi connectivity index (χ0) is 15.1. The fraction of sp³-hybridized carbons (Fsp3) is 0.188. The third-order valence-corrected chi connectivity index (χ3v) is 3.18. The van der Waals surface area contributed by atoms with E-state index in [1.165, 1.54) is 0 Å². The van der Waals surface area contributed by atoms with Crippen LogP contribution >= 0.6 is 11.6 Å². The molecule has 0 saturated carbocycles. The highest BCUT2D eigenvalue weighted by atomic mass is 35.5. The predicted octanol–water partition coefficient (Wildman–Crippen LogP) is 2.54. The van der Waals surface area contributed by atoms with Gasteiger partial charge in [0.1, 0.15) is 5.75 Å². The topological polar surface area (TPSA) is 64.3 Å². The van der Waals surface area contributed by atoms with E-state index >= 15 is 0 Å². The van der Waals surface area contributed by atoms with Crippen molar-refractivity contribution < 1.29 is 9.53 Å². The Morgan fingerprint density at radius 3 is 2.48 bits per heavy atom. The van der Waals surface area contributed by atoms with Crippen molar-refractivity contribution in [1.29, 1.82) is 0 Å². The second-order valence-corrected chi connectivity index (χ2v) is 5.00. The van der Waals surface area contributed by atoms with E-state index in [0.717, 1.165) is 5.56 Å². The van der Waals surface area contributed by atoms with Gasteiger partial charge in [0, 0.05) is 17.6 Å². The highest BCUT2D eigenvalue weighted by Gasteiger charge is 2.08. The van der Waals surface area contributed by atoms with Gasteiger partial charge in [0.05, 0.1) is 0 Å². The number of hydrogen-bond acceptors (Lipinski definition) is 3. The van der Waals surface area contributed by atoms with Gasteiger partial charge in [-0.2, -0.15) is 0 Å². The number of nitrogens with two attached hydrogens (primary N) is 1. The van der Waals surface area contributed by atoms with Crippen LogP contribution in [0.25, 0.3) is 0 Å². The molecule has 0 saturated heterocycles. The van der Waals surface area contributed by atoms with Crippen LogP contribution in [0.2, 0.25) is 5.02 Å². The van der Waals surface area contributed by atoms with Crippen molar-refractivity contribution in [2.45, 2.75) is 6.04 Å². The molecule has 5 heteroatoms. The number of rotatable bonds is 6. The van der Waals surface area contributed by atoms with Crippen LogP contribution in [-0.2, 0) is 4.79 Å². The first kappa shape index (κ1) is 15.4. The van der Waals surface area contributed by atoms with Gasteiger partial charge in [-0.1, -0.05) is 41.9 Å². The van der Waals surface area contributed by atoms with Crippen LogP contribution in [-0.4, -0.2) is 19.1 Å². The van der Waals surface area contributed by atoms with Crippen molar-refractivity contribution in [1.82, 2.24) is 5.32 Å². The minimum Gasteiger partial charge on any atom is -0.484 e. The highest BCUT2D eigenvalue weighted by molar-refractivity contribution is 6.30. The Kier molecular flexibility index (Phi) is 5.60. The minimum absolute atomic E-state index is 0.0524. The van der Waals surface area contributed by atoms with Crippen LogP contribution in [0.5, 0.6) is 5.75 Å². The summed E-state index contributed by atoms with van der Waals surface area (Å²) in [6, 6.07) is 16.2. The number of hydrogen-bond donors (Lipinski definition) is 2. The molecule has 21 heavy (non-hydrogen) atoms. The van der Waals surface area contributed by atoms with Crippen LogP contribution < -0.4 is 15.8 Å². The number of ether oxygens (including phenoxy) is 1. The molecule has 4 nitrogen and oxygen atoms in total. The first-order valence-corrected chi connectivity index (χ1v) is 6.98. The molecule has 0 spiro atoms. The molecule has 0 aliphatic carbocycles. The lowest BCUT2D eigenvalue weighted by Gasteiger charge is -2.13. The maximum atomic E-state index is 11.7. The second kappa shape index (κ2) is 7.67. The molecule has 0 aromatic heterocycles. The average molecular weight is 305 g/mol. The van der Waals surface area contributed by atoms with E-state index in [4.69, 9.17) is 22.1 Å². The molecule has 1 amide bonds. The van der Waals surface area contributed by atoms with Gasteiger partial charge in [-0.3, -0.25) is 4.79 Å². The lowest BCUT2D eigenvalue weighted by Crippen LogP contribution is -2.34. The smallest absolute Gasteiger partial charge is 0.258 e. The number of halogens is 1. The van der Waals surface area contributed by atoms with Crippen LogP contribution in [0.1, 0.15) is 11.6 Å². The van der Waals surface area contributed by atoms with Crippen LogP contribution in [0.15, 0.2) is 54.6 Å². The van der Waals surface area contributed by atoms with Gasteiger partial charge < -0.3 is 15.8 Å². The Balaban J connectivity index is 1.73. The first-order valence-electron chi connectivity index (χ1n) is 6.61. The first-order chi connectivity index (χ1) is 10.1. The van der Waals surface area contributed by atoms with Crippen molar-refractivity contribution in [2.24, 2.45) is 5.73 Å². The molecule has 0 radical (unpaired) electrons. The SMILES string of the molecule is NC(CNC(=O)COc1ccc(Cl)cc1)c1ccccc1. The van der Waals surface area contributed by atoms with Crippen LogP contribution in [0, 0.1) is 0 Å².